The van der Waals surface area contributed by atoms with Gasteiger partial charge >= 0.3 is 6.18 Å². The number of aromatic nitrogens is 4. The number of halogens is 3. The highest BCUT2D eigenvalue weighted by molar-refractivity contribution is 6.14. The fourth-order valence-corrected chi connectivity index (χ4v) is 4.50. The van der Waals surface area contributed by atoms with Crippen molar-refractivity contribution in [2.45, 2.75) is 13.1 Å². The van der Waals surface area contributed by atoms with Gasteiger partial charge in [0.05, 0.1) is 11.1 Å². The molecular weight excluding hydrogens is 437 g/mol. The normalized spacial score (nSPS) is 12.4. The predicted octanol–water partition coefficient (Wildman–Crippen LogP) is 4.36. The Hall–Kier alpha value is -4.77. The summed E-state index contributed by atoms with van der Waals surface area (Å²) >= 11 is 0. The van der Waals surface area contributed by atoms with Crippen molar-refractivity contribution in [3.63, 3.8) is 0 Å². The second-order valence-corrected chi connectivity index (χ2v) is 7.73. The van der Waals surface area contributed by atoms with E-state index in [0.29, 0.717) is 16.3 Å². The smallest absolute Gasteiger partial charge is 0.418 e. The van der Waals surface area contributed by atoms with Crippen LogP contribution in [0.25, 0.3) is 43.9 Å². The molecule has 0 bridgehead atoms. The van der Waals surface area contributed by atoms with Crippen LogP contribution < -0.4 is 0 Å². The first kappa shape index (κ1) is 19.0. The molecular formula is C22H9F3N6O2. The topological polar surface area (TPSA) is 123 Å². The zero-order chi connectivity index (χ0) is 23.4. The minimum Gasteiger partial charge on any atom is -0.494 e. The SMILES string of the molecule is Cc1cc(C(F)(F)F)c2nc3c4cc5c(O)n6c(C#N)c(C#N)nc6c5cc4c(O)n3c2c1. The molecule has 0 spiro atoms. The molecule has 0 saturated heterocycles. The minimum absolute atomic E-state index is 0.0898. The van der Waals surface area contributed by atoms with Gasteiger partial charge in [0.15, 0.2) is 11.4 Å². The summed E-state index contributed by atoms with van der Waals surface area (Å²) in [4.78, 5) is 8.31. The van der Waals surface area contributed by atoms with Crippen LogP contribution in [0.15, 0.2) is 24.3 Å². The maximum atomic E-state index is 13.6. The average molecular weight is 446 g/mol. The van der Waals surface area contributed by atoms with Crippen LogP contribution in [-0.4, -0.2) is 29.0 Å². The van der Waals surface area contributed by atoms with Crippen LogP contribution in [-0.2, 0) is 6.18 Å². The Kier molecular flexibility index (Phi) is 3.29. The lowest BCUT2D eigenvalue weighted by atomic mass is 10.1. The number of benzene rings is 2. The van der Waals surface area contributed by atoms with E-state index in [1.54, 1.807) is 6.07 Å². The van der Waals surface area contributed by atoms with Gasteiger partial charge in [-0.05, 0) is 36.8 Å². The number of fused-ring (bicyclic) bond motifs is 8. The van der Waals surface area contributed by atoms with Gasteiger partial charge in [0, 0.05) is 21.5 Å². The first-order chi connectivity index (χ1) is 15.7. The van der Waals surface area contributed by atoms with E-state index in [1.807, 2.05) is 6.07 Å². The number of hydrogen-bond acceptors (Lipinski definition) is 6. The molecule has 0 amide bonds. The number of aromatic hydroxyl groups is 2. The summed E-state index contributed by atoms with van der Waals surface area (Å²) < 4.78 is 43.2. The largest absolute Gasteiger partial charge is 0.494 e. The number of alkyl halides is 3. The average Bonchev–Trinajstić information content (AvgIpc) is 3.46. The molecule has 0 aliphatic heterocycles. The molecule has 0 aliphatic carbocycles. The lowest BCUT2D eigenvalue weighted by Crippen LogP contribution is -2.06. The van der Waals surface area contributed by atoms with Crippen molar-refractivity contribution in [3.05, 3.63) is 46.8 Å². The van der Waals surface area contributed by atoms with Gasteiger partial charge in [0.1, 0.15) is 28.9 Å². The minimum atomic E-state index is -4.64. The summed E-state index contributed by atoms with van der Waals surface area (Å²) in [6.45, 7) is 1.52. The molecule has 0 aliphatic rings. The van der Waals surface area contributed by atoms with Gasteiger partial charge in [-0.25, -0.2) is 9.97 Å². The molecule has 4 heterocycles. The quantitative estimate of drug-likeness (QED) is 0.357. The van der Waals surface area contributed by atoms with Crippen molar-refractivity contribution in [1.82, 2.24) is 18.8 Å². The number of nitrogens with zero attached hydrogens (tertiary/aromatic N) is 6. The zero-order valence-corrected chi connectivity index (χ0v) is 16.5. The van der Waals surface area contributed by atoms with Crippen LogP contribution in [0, 0.1) is 29.6 Å². The third kappa shape index (κ3) is 2.18. The highest BCUT2D eigenvalue weighted by Crippen LogP contribution is 2.43. The van der Waals surface area contributed by atoms with Crippen molar-refractivity contribution in [1.29, 1.82) is 10.5 Å². The zero-order valence-electron chi connectivity index (χ0n) is 16.5. The molecule has 4 aromatic heterocycles. The van der Waals surface area contributed by atoms with E-state index in [2.05, 4.69) is 9.97 Å². The lowest BCUT2D eigenvalue weighted by molar-refractivity contribution is -0.136. The molecule has 2 N–H and O–H groups in total. The van der Waals surface area contributed by atoms with Gasteiger partial charge in [-0.2, -0.15) is 23.7 Å². The summed E-state index contributed by atoms with van der Waals surface area (Å²) in [6.07, 6.45) is -4.64. The molecule has 6 aromatic rings. The van der Waals surface area contributed by atoms with E-state index in [4.69, 9.17) is 0 Å². The summed E-state index contributed by atoms with van der Waals surface area (Å²) in [7, 11) is 0. The molecule has 0 atom stereocenters. The third-order valence-corrected chi connectivity index (χ3v) is 5.84. The summed E-state index contributed by atoms with van der Waals surface area (Å²) in [5.74, 6) is -0.677. The van der Waals surface area contributed by atoms with Crippen LogP contribution in [0.1, 0.15) is 22.5 Å². The molecule has 0 saturated carbocycles. The van der Waals surface area contributed by atoms with Gasteiger partial charge in [0.25, 0.3) is 0 Å². The Morgan fingerprint density at radius 3 is 2.03 bits per heavy atom. The number of nitriles is 2. The molecule has 0 unspecified atom stereocenters. The van der Waals surface area contributed by atoms with E-state index in [0.717, 1.165) is 10.5 Å². The van der Waals surface area contributed by atoms with Crippen LogP contribution >= 0.6 is 0 Å². The standard InChI is InChI=1S/C22H9F3N6O2/c1-8-2-13(22(23,24)25)17-15(3-8)30-19(29-17)10-5-11-9(4-12(10)20(30)32)18-28-14(6-26)16(7-27)31(18)21(11)33/h2-5,32-33H,1H3. The first-order valence-electron chi connectivity index (χ1n) is 9.51. The van der Waals surface area contributed by atoms with Crippen molar-refractivity contribution < 1.29 is 23.4 Å². The highest BCUT2D eigenvalue weighted by atomic mass is 19.4. The maximum absolute atomic E-state index is 13.6. The Bertz CT molecular complexity index is 1920. The molecule has 0 fully saturated rings. The number of aryl methyl sites for hydroxylation is 1. The third-order valence-electron chi connectivity index (χ3n) is 5.84. The van der Waals surface area contributed by atoms with Gasteiger partial charge in [-0.1, -0.05) is 0 Å². The summed E-state index contributed by atoms with van der Waals surface area (Å²) in [5, 5.41) is 41.5. The van der Waals surface area contributed by atoms with Gasteiger partial charge in [-0.15, -0.1) is 0 Å². The Balaban J connectivity index is 1.80. The van der Waals surface area contributed by atoms with Gasteiger partial charge in [-0.3, -0.25) is 8.80 Å². The molecule has 2 aromatic carbocycles. The van der Waals surface area contributed by atoms with Crippen LogP contribution in [0.3, 0.4) is 0 Å². The van der Waals surface area contributed by atoms with Crippen molar-refractivity contribution in [2.75, 3.05) is 0 Å². The second kappa shape index (κ2) is 5.72. The molecule has 0 radical (unpaired) electrons. The first-order valence-corrected chi connectivity index (χ1v) is 9.51. The van der Waals surface area contributed by atoms with Crippen LogP contribution in [0.2, 0.25) is 0 Å². The van der Waals surface area contributed by atoms with Gasteiger partial charge < -0.3 is 10.2 Å². The fourth-order valence-electron chi connectivity index (χ4n) is 4.50. The number of imidazole rings is 2. The molecule has 6 rings (SSSR count). The summed E-state index contributed by atoms with van der Waals surface area (Å²) in [6, 6.07) is 9.12. The summed E-state index contributed by atoms with van der Waals surface area (Å²) in [5.41, 5.74) is -0.828. The second-order valence-electron chi connectivity index (χ2n) is 7.73. The Morgan fingerprint density at radius 1 is 0.848 bits per heavy atom. The fraction of sp³-hybridized carbons (Fsp3) is 0.0909. The monoisotopic (exact) mass is 446 g/mol. The molecule has 11 heteroatoms. The van der Waals surface area contributed by atoms with E-state index in [9.17, 15) is 33.9 Å². The van der Waals surface area contributed by atoms with Crippen molar-refractivity contribution in [2.24, 2.45) is 0 Å². The van der Waals surface area contributed by atoms with Crippen molar-refractivity contribution in [3.8, 4) is 23.9 Å². The van der Waals surface area contributed by atoms with Crippen LogP contribution in [0.5, 0.6) is 11.8 Å². The van der Waals surface area contributed by atoms with E-state index < -0.39 is 11.7 Å². The Morgan fingerprint density at radius 2 is 1.45 bits per heavy atom. The van der Waals surface area contributed by atoms with Crippen molar-refractivity contribution >= 4 is 43.9 Å². The molecule has 8 nitrogen and oxygen atoms in total. The van der Waals surface area contributed by atoms with Gasteiger partial charge in [0.2, 0.25) is 11.8 Å². The van der Waals surface area contributed by atoms with E-state index in [-0.39, 0.29) is 56.2 Å². The molecule has 160 valence electrons. The predicted molar refractivity (Wildman–Crippen MR) is 110 cm³/mol. The van der Waals surface area contributed by atoms with E-state index in [1.165, 1.54) is 29.5 Å². The number of hydrogen-bond donors (Lipinski definition) is 2. The lowest BCUT2D eigenvalue weighted by Gasteiger charge is -2.08. The Labute approximate surface area is 180 Å². The number of rotatable bonds is 0. The van der Waals surface area contributed by atoms with Crippen LogP contribution in [0.4, 0.5) is 13.2 Å². The maximum Gasteiger partial charge on any atom is 0.418 e. The molecule has 33 heavy (non-hydrogen) atoms. The van der Waals surface area contributed by atoms with E-state index >= 15 is 0 Å². The highest BCUT2D eigenvalue weighted by Gasteiger charge is 2.35.